The lowest BCUT2D eigenvalue weighted by Crippen LogP contribution is -2.48. The second-order valence-electron chi connectivity index (χ2n) is 5.06. The van der Waals surface area contributed by atoms with Crippen molar-refractivity contribution in [2.75, 3.05) is 7.05 Å². The molecule has 20 heavy (non-hydrogen) atoms. The zero-order chi connectivity index (χ0) is 15.3. The van der Waals surface area contributed by atoms with Crippen molar-refractivity contribution >= 4 is 23.3 Å². The number of nitrogens with one attached hydrogen (secondary N) is 1. The average Bonchev–Trinajstić information content (AvgIpc) is 2.88. The topological polar surface area (TPSA) is 69.6 Å². The first-order valence-corrected chi connectivity index (χ1v) is 7.56. The van der Waals surface area contributed by atoms with Gasteiger partial charge >= 0.3 is 12.0 Å². The Balaban J connectivity index is 2.79. The van der Waals surface area contributed by atoms with E-state index in [-0.39, 0.29) is 18.0 Å². The summed E-state index contributed by atoms with van der Waals surface area (Å²) < 4.78 is 0. The maximum atomic E-state index is 12.2. The van der Waals surface area contributed by atoms with E-state index in [1.165, 1.54) is 11.9 Å². The minimum atomic E-state index is -0.984. The Hall–Kier alpha value is -1.56. The van der Waals surface area contributed by atoms with Crippen LogP contribution in [0.2, 0.25) is 0 Å². The molecule has 0 fully saturated rings. The summed E-state index contributed by atoms with van der Waals surface area (Å²) in [6.45, 7) is 5.81. The molecule has 0 aliphatic rings. The molecule has 0 aromatic carbocycles. The molecule has 1 aromatic rings. The Bertz CT molecular complexity index is 445. The first-order valence-electron chi connectivity index (χ1n) is 6.68. The fraction of sp³-hybridized carbons (Fsp3) is 0.571. The van der Waals surface area contributed by atoms with Crippen LogP contribution < -0.4 is 5.32 Å². The standard InChI is InChI=1S/C14H22N2O3S/c1-5-10(13(17)18)16(4)14(19)15-12(9(2)3)11-7-6-8-20-11/h6-10,12H,5H2,1-4H3,(H,15,19)(H,17,18). The zero-order valence-electron chi connectivity index (χ0n) is 12.3. The Morgan fingerprint density at radius 1 is 1.45 bits per heavy atom. The molecule has 0 spiro atoms. The minimum Gasteiger partial charge on any atom is -0.480 e. The highest BCUT2D eigenvalue weighted by Gasteiger charge is 2.27. The van der Waals surface area contributed by atoms with Crippen LogP contribution in [0.4, 0.5) is 4.79 Å². The summed E-state index contributed by atoms with van der Waals surface area (Å²) in [5.41, 5.74) is 0. The number of amides is 2. The molecule has 5 nitrogen and oxygen atoms in total. The number of rotatable bonds is 6. The third-order valence-electron chi connectivity index (χ3n) is 3.25. The van der Waals surface area contributed by atoms with Gasteiger partial charge in [0.15, 0.2) is 0 Å². The lowest BCUT2D eigenvalue weighted by Gasteiger charge is -2.28. The SMILES string of the molecule is CCC(C(=O)O)N(C)C(=O)NC(c1cccs1)C(C)C. The minimum absolute atomic E-state index is 0.101. The van der Waals surface area contributed by atoms with E-state index >= 15 is 0 Å². The molecule has 0 bridgehead atoms. The number of carbonyl (C=O) groups excluding carboxylic acids is 1. The number of hydrogen-bond donors (Lipinski definition) is 2. The second kappa shape index (κ2) is 7.28. The molecule has 2 unspecified atom stereocenters. The van der Waals surface area contributed by atoms with Crippen molar-refractivity contribution in [2.45, 2.75) is 39.3 Å². The number of carbonyl (C=O) groups is 2. The van der Waals surface area contributed by atoms with Crippen molar-refractivity contribution in [3.63, 3.8) is 0 Å². The third kappa shape index (κ3) is 3.96. The van der Waals surface area contributed by atoms with Crippen molar-refractivity contribution in [3.05, 3.63) is 22.4 Å². The number of urea groups is 1. The molecule has 0 aliphatic heterocycles. The monoisotopic (exact) mass is 298 g/mol. The van der Waals surface area contributed by atoms with Gasteiger partial charge in [0.1, 0.15) is 6.04 Å². The van der Waals surface area contributed by atoms with Crippen LogP contribution >= 0.6 is 11.3 Å². The number of carboxylic acids is 1. The molecule has 2 amide bonds. The summed E-state index contributed by atoms with van der Waals surface area (Å²) in [4.78, 5) is 25.6. The van der Waals surface area contributed by atoms with Crippen molar-refractivity contribution in [1.29, 1.82) is 0 Å². The number of likely N-dealkylation sites (N-methyl/N-ethyl adjacent to an activating group) is 1. The number of hydrogen-bond acceptors (Lipinski definition) is 3. The summed E-state index contributed by atoms with van der Waals surface area (Å²) in [5.74, 6) is -0.752. The van der Waals surface area contributed by atoms with Gasteiger partial charge in [-0.25, -0.2) is 9.59 Å². The Morgan fingerprint density at radius 2 is 2.10 bits per heavy atom. The fourth-order valence-corrected chi connectivity index (χ4v) is 2.97. The lowest BCUT2D eigenvalue weighted by atomic mass is 10.0. The van der Waals surface area contributed by atoms with Crippen LogP contribution in [-0.2, 0) is 4.79 Å². The first kappa shape index (κ1) is 16.5. The maximum absolute atomic E-state index is 12.2. The van der Waals surface area contributed by atoms with E-state index < -0.39 is 12.0 Å². The first-order chi connectivity index (χ1) is 9.38. The molecule has 1 rings (SSSR count). The second-order valence-corrected chi connectivity index (χ2v) is 6.04. The van der Waals surface area contributed by atoms with Crippen LogP contribution in [0.5, 0.6) is 0 Å². The Morgan fingerprint density at radius 3 is 2.50 bits per heavy atom. The average molecular weight is 298 g/mol. The number of carboxylic acid groups (broad SMARTS) is 1. The van der Waals surface area contributed by atoms with Crippen LogP contribution in [0, 0.1) is 5.92 Å². The molecule has 0 saturated heterocycles. The largest absolute Gasteiger partial charge is 0.480 e. The molecule has 112 valence electrons. The predicted molar refractivity (Wildman–Crippen MR) is 79.9 cm³/mol. The van der Waals surface area contributed by atoms with Gasteiger partial charge in [-0.3, -0.25) is 0 Å². The summed E-state index contributed by atoms with van der Waals surface area (Å²) in [6, 6.07) is 2.66. The molecule has 2 atom stereocenters. The van der Waals surface area contributed by atoms with E-state index in [0.717, 1.165) is 4.88 Å². The number of thiophene rings is 1. The molecule has 0 radical (unpaired) electrons. The van der Waals surface area contributed by atoms with Crippen LogP contribution in [0.3, 0.4) is 0 Å². The molecule has 2 N–H and O–H groups in total. The van der Waals surface area contributed by atoms with E-state index in [4.69, 9.17) is 5.11 Å². The van der Waals surface area contributed by atoms with Crippen LogP contribution in [-0.4, -0.2) is 35.1 Å². The van der Waals surface area contributed by atoms with Gasteiger partial charge < -0.3 is 15.3 Å². The van der Waals surface area contributed by atoms with Crippen LogP contribution in [0.25, 0.3) is 0 Å². The predicted octanol–water partition coefficient (Wildman–Crippen LogP) is 2.95. The third-order valence-corrected chi connectivity index (χ3v) is 4.21. The lowest BCUT2D eigenvalue weighted by molar-refractivity contribution is -0.141. The van der Waals surface area contributed by atoms with Gasteiger partial charge in [-0.2, -0.15) is 0 Å². The van der Waals surface area contributed by atoms with E-state index in [1.54, 1.807) is 18.3 Å². The van der Waals surface area contributed by atoms with Gasteiger partial charge in [0.25, 0.3) is 0 Å². The van der Waals surface area contributed by atoms with Crippen molar-refractivity contribution in [2.24, 2.45) is 5.92 Å². The maximum Gasteiger partial charge on any atom is 0.326 e. The highest BCUT2D eigenvalue weighted by Crippen LogP contribution is 2.26. The summed E-state index contributed by atoms with van der Waals surface area (Å²) in [5, 5.41) is 14.0. The van der Waals surface area contributed by atoms with E-state index in [1.807, 2.05) is 31.4 Å². The van der Waals surface area contributed by atoms with Gasteiger partial charge in [-0.1, -0.05) is 26.8 Å². The van der Waals surface area contributed by atoms with E-state index in [9.17, 15) is 9.59 Å². The Labute approximate surface area is 123 Å². The highest BCUT2D eigenvalue weighted by molar-refractivity contribution is 7.10. The normalized spacial score (nSPS) is 13.8. The molecule has 1 aromatic heterocycles. The zero-order valence-corrected chi connectivity index (χ0v) is 13.1. The number of aliphatic carboxylic acids is 1. The summed E-state index contributed by atoms with van der Waals surface area (Å²) in [7, 11) is 1.52. The summed E-state index contributed by atoms with van der Waals surface area (Å²) in [6.07, 6.45) is 0.380. The molecular weight excluding hydrogens is 276 g/mol. The van der Waals surface area contributed by atoms with Crippen LogP contribution in [0.1, 0.15) is 38.1 Å². The van der Waals surface area contributed by atoms with Crippen molar-refractivity contribution in [1.82, 2.24) is 10.2 Å². The van der Waals surface area contributed by atoms with Gasteiger partial charge in [-0.05, 0) is 23.8 Å². The van der Waals surface area contributed by atoms with Gasteiger partial charge in [0, 0.05) is 11.9 Å². The van der Waals surface area contributed by atoms with Crippen LogP contribution in [0.15, 0.2) is 17.5 Å². The summed E-state index contributed by atoms with van der Waals surface area (Å²) >= 11 is 1.58. The van der Waals surface area contributed by atoms with Gasteiger partial charge in [0.05, 0.1) is 6.04 Å². The van der Waals surface area contributed by atoms with E-state index in [0.29, 0.717) is 6.42 Å². The smallest absolute Gasteiger partial charge is 0.326 e. The Kier molecular flexibility index (Phi) is 6.01. The molecule has 0 saturated carbocycles. The van der Waals surface area contributed by atoms with E-state index in [2.05, 4.69) is 5.32 Å². The van der Waals surface area contributed by atoms with Crippen molar-refractivity contribution < 1.29 is 14.7 Å². The molecular formula is C14H22N2O3S. The molecule has 1 heterocycles. The van der Waals surface area contributed by atoms with Gasteiger partial charge in [0.2, 0.25) is 0 Å². The number of nitrogens with zero attached hydrogens (tertiary/aromatic N) is 1. The molecule has 6 heteroatoms. The molecule has 0 aliphatic carbocycles. The highest BCUT2D eigenvalue weighted by atomic mass is 32.1. The quantitative estimate of drug-likeness (QED) is 0.848. The fourth-order valence-electron chi connectivity index (χ4n) is 2.03. The van der Waals surface area contributed by atoms with Crippen molar-refractivity contribution in [3.8, 4) is 0 Å². The van der Waals surface area contributed by atoms with Gasteiger partial charge in [-0.15, -0.1) is 11.3 Å².